The molecule has 0 aromatic rings. The van der Waals surface area contributed by atoms with Crippen LogP contribution in [0.1, 0.15) is 19.3 Å². The zero-order valence-electron chi connectivity index (χ0n) is 6.93. The van der Waals surface area contributed by atoms with Crippen molar-refractivity contribution in [1.82, 2.24) is 0 Å². The average Bonchev–Trinajstić information content (AvgIpc) is 2.60. The van der Waals surface area contributed by atoms with Crippen molar-refractivity contribution in [2.45, 2.75) is 19.3 Å². The average molecular weight is 190 g/mol. The zero-order chi connectivity index (χ0) is 7.52. The van der Waals surface area contributed by atoms with Gasteiger partial charge in [0.15, 0.2) is 0 Å². The molecule has 0 amide bonds. The molecule has 0 spiro atoms. The van der Waals surface area contributed by atoms with E-state index in [-0.39, 0.29) is 21.7 Å². The van der Waals surface area contributed by atoms with Crippen molar-refractivity contribution >= 4 is 0 Å². The second kappa shape index (κ2) is 4.64. The van der Waals surface area contributed by atoms with Gasteiger partial charge in [0, 0.05) is 0 Å². The molecule has 0 atom stereocenters. The number of rotatable bonds is 2. The first-order valence-electron chi connectivity index (χ1n) is 3.97. The van der Waals surface area contributed by atoms with Crippen LogP contribution in [0.15, 0.2) is 35.5 Å². The van der Waals surface area contributed by atoms with Crippen molar-refractivity contribution in [2.24, 2.45) is 0 Å². The van der Waals surface area contributed by atoms with Crippen LogP contribution < -0.4 is 0 Å². The summed E-state index contributed by atoms with van der Waals surface area (Å²) in [6, 6.07) is 0. The molecule has 0 bridgehead atoms. The summed E-state index contributed by atoms with van der Waals surface area (Å²) in [7, 11) is 0. The van der Waals surface area contributed by atoms with Gasteiger partial charge in [-0.15, -0.1) is 12.8 Å². The summed E-state index contributed by atoms with van der Waals surface area (Å²) in [5.74, 6) is 0. The first-order valence-corrected chi connectivity index (χ1v) is 3.97. The Labute approximate surface area is 88.6 Å². The van der Waals surface area contributed by atoms with Gasteiger partial charge in [-0.05, 0) is 0 Å². The summed E-state index contributed by atoms with van der Waals surface area (Å²) < 4.78 is 0. The van der Waals surface area contributed by atoms with Crippen molar-refractivity contribution in [3.05, 3.63) is 47.6 Å². The Bertz CT molecular complexity index is 239. The van der Waals surface area contributed by atoms with E-state index in [4.69, 9.17) is 0 Å². The summed E-state index contributed by atoms with van der Waals surface area (Å²) in [6.45, 7) is 0. The van der Waals surface area contributed by atoms with Crippen LogP contribution in [-0.2, 0) is 21.7 Å². The molecular weight excluding hydrogens is 180 g/mol. The first kappa shape index (κ1) is 9.76. The summed E-state index contributed by atoms with van der Waals surface area (Å²) in [4.78, 5) is 0. The Kier molecular flexibility index (Phi) is 3.77. The van der Waals surface area contributed by atoms with Gasteiger partial charge in [-0.1, -0.05) is 6.42 Å². The molecule has 1 heteroatoms. The third-order valence-electron chi connectivity index (χ3n) is 1.91. The Balaban J connectivity index is 0.000000720. The van der Waals surface area contributed by atoms with E-state index in [1.54, 1.807) is 0 Å². The van der Waals surface area contributed by atoms with Gasteiger partial charge in [-0.2, -0.15) is 12.2 Å². The molecular formula is C11H10Ti. The molecule has 0 N–H and O–H groups in total. The Morgan fingerprint density at radius 3 is 1.83 bits per heavy atom. The van der Waals surface area contributed by atoms with Gasteiger partial charge in [-0.3, -0.25) is 12.2 Å². The Morgan fingerprint density at radius 2 is 1.50 bits per heavy atom. The first-order chi connectivity index (χ1) is 5.45. The minimum Gasteiger partial charge on any atom is -0.269 e. The largest absolute Gasteiger partial charge is 2.00 e. The summed E-state index contributed by atoms with van der Waals surface area (Å²) >= 11 is 0. The van der Waals surface area contributed by atoms with Crippen molar-refractivity contribution in [1.29, 1.82) is 0 Å². The molecule has 2 aliphatic rings. The molecule has 0 aromatic heterocycles. The normalized spacial score (nSPS) is 19.0. The SMILES string of the molecule is [C-]1=C(CC2=[C-]CC=C2)C=CC1.[Ti+2]. The third-order valence-corrected chi connectivity index (χ3v) is 1.91. The van der Waals surface area contributed by atoms with E-state index in [0.717, 1.165) is 19.3 Å². The quantitative estimate of drug-likeness (QED) is 0.464. The molecule has 0 saturated heterocycles. The van der Waals surface area contributed by atoms with Crippen LogP contribution in [0, 0.1) is 12.2 Å². The maximum Gasteiger partial charge on any atom is 2.00 e. The van der Waals surface area contributed by atoms with Gasteiger partial charge in [0.1, 0.15) is 0 Å². The minimum absolute atomic E-state index is 0. The van der Waals surface area contributed by atoms with E-state index < -0.39 is 0 Å². The Hall–Kier alpha value is -0.326. The molecule has 58 valence electrons. The molecule has 0 nitrogen and oxygen atoms in total. The van der Waals surface area contributed by atoms with Crippen LogP contribution in [0.5, 0.6) is 0 Å². The molecule has 0 unspecified atom stereocenters. The van der Waals surface area contributed by atoms with E-state index in [1.165, 1.54) is 11.1 Å². The van der Waals surface area contributed by atoms with Crippen LogP contribution in [-0.4, -0.2) is 0 Å². The van der Waals surface area contributed by atoms with Crippen molar-refractivity contribution in [3.8, 4) is 0 Å². The second-order valence-electron chi connectivity index (χ2n) is 2.79. The maximum atomic E-state index is 3.29. The molecule has 0 aromatic carbocycles. The molecule has 0 aliphatic heterocycles. The van der Waals surface area contributed by atoms with Gasteiger partial charge >= 0.3 is 21.7 Å². The molecule has 0 saturated carbocycles. The van der Waals surface area contributed by atoms with Crippen LogP contribution in [0.3, 0.4) is 0 Å². The fourth-order valence-electron chi connectivity index (χ4n) is 1.35. The summed E-state index contributed by atoms with van der Waals surface area (Å²) in [5, 5.41) is 0. The van der Waals surface area contributed by atoms with Crippen LogP contribution >= 0.6 is 0 Å². The fraction of sp³-hybridized carbons (Fsp3) is 0.273. The van der Waals surface area contributed by atoms with Crippen LogP contribution in [0.4, 0.5) is 0 Å². The van der Waals surface area contributed by atoms with Gasteiger partial charge in [-0.25, -0.2) is 23.3 Å². The van der Waals surface area contributed by atoms with Crippen molar-refractivity contribution in [3.63, 3.8) is 0 Å². The molecule has 12 heavy (non-hydrogen) atoms. The van der Waals surface area contributed by atoms with E-state index in [2.05, 4.69) is 36.5 Å². The molecule has 0 fully saturated rings. The predicted octanol–water partition coefficient (Wildman–Crippen LogP) is 2.75. The van der Waals surface area contributed by atoms with E-state index in [1.807, 2.05) is 0 Å². The smallest absolute Gasteiger partial charge is 0.269 e. The predicted molar refractivity (Wildman–Crippen MR) is 45.6 cm³/mol. The number of hydrogen-bond acceptors (Lipinski definition) is 0. The summed E-state index contributed by atoms with van der Waals surface area (Å²) in [6.07, 6.45) is 18.2. The Morgan fingerprint density at radius 1 is 1.00 bits per heavy atom. The molecule has 2 aliphatic carbocycles. The topological polar surface area (TPSA) is 0 Å². The number of allylic oxidation sites excluding steroid dienone is 8. The molecule has 0 radical (unpaired) electrons. The van der Waals surface area contributed by atoms with E-state index in [0.29, 0.717) is 0 Å². The van der Waals surface area contributed by atoms with E-state index >= 15 is 0 Å². The van der Waals surface area contributed by atoms with Gasteiger partial charge in [0.25, 0.3) is 0 Å². The van der Waals surface area contributed by atoms with Crippen molar-refractivity contribution < 1.29 is 21.7 Å². The maximum absolute atomic E-state index is 3.29. The monoisotopic (exact) mass is 190 g/mol. The fourth-order valence-corrected chi connectivity index (χ4v) is 1.35. The number of hydrogen-bond donors (Lipinski definition) is 0. The standard InChI is InChI=1S/C11H10.Ti/c1-2-6-10(5-1)9-11-7-3-4-8-11;/h1,3,5,7H,2,4,9H2;/q-2;+2. The van der Waals surface area contributed by atoms with Gasteiger partial charge in [0.2, 0.25) is 0 Å². The molecule has 0 heterocycles. The van der Waals surface area contributed by atoms with Gasteiger partial charge < -0.3 is 0 Å². The van der Waals surface area contributed by atoms with Crippen LogP contribution in [0.25, 0.3) is 0 Å². The second-order valence-corrected chi connectivity index (χ2v) is 2.79. The third kappa shape index (κ3) is 2.33. The van der Waals surface area contributed by atoms with Crippen LogP contribution in [0.2, 0.25) is 0 Å². The van der Waals surface area contributed by atoms with Crippen molar-refractivity contribution in [2.75, 3.05) is 0 Å². The van der Waals surface area contributed by atoms with E-state index in [9.17, 15) is 0 Å². The molecule has 2 rings (SSSR count). The minimum atomic E-state index is 0. The van der Waals surface area contributed by atoms with Gasteiger partial charge in [0.05, 0.1) is 0 Å². The zero-order valence-corrected chi connectivity index (χ0v) is 8.49. The summed E-state index contributed by atoms with van der Waals surface area (Å²) in [5.41, 5.74) is 2.64.